The van der Waals surface area contributed by atoms with Crippen LogP contribution in [-0.2, 0) is 14.8 Å². The smallest absolute Gasteiger partial charge is 0.257 e. The van der Waals surface area contributed by atoms with Crippen LogP contribution >= 0.6 is 11.6 Å². The molecule has 6 nitrogen and oxygen atoms in total. The van der Waals surface area contributed by atoms with Crippen molar-refractivity contribution >= 4 is 27.5 Å². The molecule has 0 aliphatic carbocycles. The van der Waals surface area contributed by atoms with Crippen LogP contribution in [0.5, 0.6) is 5.75 Å². The van der Waals surface area contributed by atoms with Crippen LogP contribution in [-0.4, -0.2) is 50.6 Å². The lowest BCUT2D eigenvalue weighted by atomic mass is 10.2. The predicted molar refractivity (Wildman–Crippen MR) is 93.8 cm³/mol. The van der Waals surface area contributed by atoms with E-state index in [2.05, 4.69) is 5.32 Å². The van der Waals surface area contributed by atoms with Gasteiger partial charge in [0.25, 0.3) is 5.91 Å². The molecule has 1 amide bonds. The molecule has 0 unspecified atom stereocenters. The van der Waals surface area contributed by atoms with Crippen molar-refractivity contribution in [1.82, 2.24) is 9.62 Å². The Balaban J connectivity index is 1.70. The fourth-order valence-corrected chi connectivity index (χ4v) is 4.06. The van der Waals surface area contributed by atoms with Crippen LogP contribution in [0.2, 0.25) is 5.02 Å². The molecule has 0 bridgehead atoms. The summed E-state index contributed by atoms with van der Waals surface area (Å²) in [7, 11) is -3.31. The number of sulfonamides is 1. The molecule has 1 heterocycles. The van der Waals surface area contributed by atoms with Gasteiger partial charge in [-0.15, -0.1) is 0 Å². The maximum absolute atomic E-state index is 12.3. The second-order valence-corrected chi connectivity index (χ2v) is 8.25. The number of ether oxygens (including phenoxy) is 1. The van der Waals surface area contributed by atoms with E-state index in [1.807, 2.05) is 0 Å². The Bertz CT molecular complexity index is 626. The molecular formula is C16H23ClN2O4S. The standard InChI is InChI=1S/C16H23ClN2O4S/c17-14-5-7-15(8-6-14)23-13-16(20)18-9-12-24(21,22)19-10-3-1-2-4-11-19/h5-8H,1-4,9-13H2,(H,18,20). The second kappa shape index (κ2) is 9.25. The van der Waals surface area contributed by atoms with Crippen LogP contribution in [0.15, 0.2) is 24.3 Å². The first-order valence-electron chi connectivity index (χ1n) is 8.10. The van der Waals surface area contributed by atoms with Crippen LogP contribution in [0.1, 0.15) is 25.7 Å². The van der Waals surface area contributed by atoms with E-state index in [1.54, 1.807) is 24.3 Å². The van der Waals surface area contributed by atoms with Gasteiger partial charge in [-0.1, -0.05) is 24.4 Å². The SMILES string of the molecule is O=C(COc1ccc(Cl)cc1)NCCS(=O)(=O)N1CCCCCC1. The number of carbonyl (C=O) groups excluding carboxylic acids is 1. The molecule has 1 aliphatic rings. The maximum Gasteiger partial charge on any atom is 0.257 e. The number of amides is 1. The third kappa shape index (κ3) is 6.30. The van der Waals surface area contributed by atoms with Crippen LogP contribution < -0.4 is 10.1 Å². The largest absolute Gasteiger partial charge is 0.484 e. The predicted octanol–water partition coefficient (Wildman–Crippen LogP) is 2.04. The first kappa shape index (κ1) is 19.0. The highest BCUT2D eigenvalue weighted by Gasteiger charge is 2.22. The molecule has 1 aromatic carbocycles. The molecule has 2 rings (SSSR count). The minimum absolute atomic E-state index is 0.0836. The van der Waals surface area contributed by atoms with Gasteiger partial charge in [-0.05, 0) is 37.1 Å². The Labute approximate surface area is 148 Å². The van der Waals surface area contributed by atoms with Crippen LogP contribution in [0.25, 0.3) is 0 Å². The minimum Gasteiger partial charge on any atom is -0.484 e. The molecule has 134 valence electrons. The summed E-state index contributed by atoms with van der Waals surface area (Å²) in [5.41, 5.74) is 0. The van der Waals surface area contributed by atoms with Gasteiger partial charge in [-0.25, -0.2) is 12.7 Å². The zero-order chi connectivity index (χ0) is 17.4. The Hall–Kier alpha value is -1.31. The van der Waals surface area contributed by atoms with E-state index in [9.17, 15) is 13.2 Å². The average Bonchev–Trinajstić information content (AvgIpc) is 2.84. The van der Waals surface area contributed by atoms with Gasteiger partial charge in [0.05, 0.1) is 5.75 Å². The van der Waals surface area contributed by atoms with Crippen molar-refractivity contribution in [1.29, 1.82) is 0 Å². The summed E-state index contributed by atoms with van der Waals surface area (Å²) < 4.78 is 31.4. The number of nitrogens with one attached hydrogen (secondary N) is 1. The first-order chi connectivity index (χ1) is 11.5. The molecule has 8 heteroatoms. The van der Waals surface area contributed by atoms with Crippen molar-refractivity contribution in [2.75, 3.05) is 32.0 Å². The third-order valence-corrected chi connectivity index (χ3v) is 5.95. The van der Waals surface area contributed by atoms with Crippen molar-refractivity contribution < 1.29 is 17.9 Å². The summed E-state index contributed by atoms with van der Waals surface area (Å²) in [6.07, 6.45) is 3.95. The van der Waals surface area contributed by atoms with Crippen molar-refractivity contribution in [3.05, 3.63) is 29.3 Å². The normalized spacial score (nSPS) is 16.4. The van der Waals surface area contributed by atoms with Crippen LogP contribution in [0, 0.1) is 0 Å². The number of benzene rings is 1. The first-order valence-corrected chi connectivity index (χ1v) is 10.1. The number of hydrogen-bond acceptors (Lipinski definition) is 4. The highest BCUT2D eigenvalue weighted by molar-refractivity contribution is 7.89. The summed E-state index contributed by atoms with van der Waals surface area (Å²) in [6.45, 7) is 1.08. The number of halogens is 1. The van der Waals surface area contributed by atoms with Gasteiger partial charge < -0.3 is 10.1 Å². The second-order valence-electron chi connectivity index (χ2n) is 5.72. The van der Waals surface area contributed by atoms with E-state index >= 15 is 0 Å². The molecule has 1 aliphatic heterocycles. The third-order valence-electron chi connectivity index (χ3n) is 3.82. The fourth-order valence-electron chi connectivity index (χ4n) is 2.50. The van der Waals surface area contributed by atoms with Gasteiger partial charge in [0.2, 0.25) is 10.0 Å². The number of rotatable bonds is 7. The zero-order valence-electron chi connectivity index (χ0n) is 13.5. The van der Waals surface area contributed by atoms with Crippen molar-refractivity contribution in [3.63, 3.8) is 0 Å². The monoisotopic (exact) mass is 374 g/mol. The summed E-state index contributed by atoms with van der Waals surface area (Å²) in [4.78, 5) is 11.7. The minimum atomic E-state index is -3.31. The topological polar surface area (TPSA) is 75.7 Å². The lowest BCUT2D eigenvalue weighted by molar-refractivity contribution is -0.122. The highest BCUT2D eigenvalue weighted by Crippen LogP contribution is 2.15. The van der Waals surface area contributed by atoms with E-state index < -0.39 is 10.0 Å². The molecule has 24 heavy (non-hydrogen) atoms. The van der Waals surface area contributed by atoms with Gasteiger partial charge >= 0.3 is 0 Å². The van der Waals surface area contributed by atoms with E-state index in [0.717, 1.165) is 25.7 Å². The molecule has 0 radical (unpaired) electrons. The van der Waals surface area contributed by atoms with Crippen LogP contribution in [0.3, 0.4) is 0 Å². The lowest BCUT2D eigenvalue weighted by Gasteiger charge is -2.19. The molecule has 1 N–H and O–H groups in total. The van der Waals surface area contributed by atoms with Gasteiger partial charge in [0.1, 0.15) is 5.75 Å². The average molecular weight is 375 g/mol. The molecule has 0 saturated carbocycles. The summed E-state index contributed by atoms with van der Waals surface area (Å²) in [5, 5.41) is 3.17. The number of nitrogens with zero attached hydrogens (tertiary/aromatic N) is 1. The molecule has 0 spiro atoms. The molecule has 0 aromatic heterocycles. The highest BCUT2D eigenvalue weighted by atomic mass is 35.5. The Morgan fingerprint density at radius 2 is 1.75 bits per heavy atom. The zero-order valence-corrected chi connectivity index (χ0v) is 15.1. The molecule has 0 atom stereocenters. The lowest BCUT2D eigenvalue weighted by Crippen LogP contribution is -2.39. The number of hydrogen-bond donors (Lipinski definition) is 1. The van der Waals surface area contributed by atoms with E-state index in [0.29, 0.717) is 23.9 Å². The quantitative estimate of drug-likeness (QED) is 0.792. The summed E-state index contributed by atoms with van der Waals surface area (Å²) in [6, 6.07) is 6.67. The van der Waals surface area contributed by atoms with E-state index in [1.165, 1.54) is 4.31 Å². The van der Waals surface area contributed by atoms with Gasteiger partial charge in [-0.2, -0.15) is 0 Å². The summed E-state index contributed by atoms with van der Waals surface area (Å²) in [5.74, 6) is 0.0995. The van der Waals surface area contributed by atoms with Crippen LogP contribution in [0.4, 0.5) is 0 Å². The van der Waals surface area contributed by atoms with Gasteiger partial charge in [0.15, 0.2) is 6.61 Å². The maximum atomic E-state index is 12.3. The van der Waals surface area contributed by atoms with Crippen molar-refractivity contribution in [3.8, 4) is 5.75 Å². The summed E-state index contributed by atoms with van der Waals surface area (Å²) >= 11 is 5.76. The van der Waals surface area contributed by atoms with Gasteiger partial charge in [-0.3, -0.25) is 4.79 Å². The number of carbonyl (C=O) groups is 1. The molecular weight excluding hydrogens is 352 g/mol. The van der Waals surface area contributed by atoms with E-state index in [-0.39, 0.29) is 24.8 Å². The molecule has 1 fully saturated rings. The van der Waals surface area contributed by atoms with E-state index in [4.69, 9.17) is 16.3 Å². The Morgan fingerprint density at radius 1 is 1.12 bits per heavy atom. The fraction of sp³-hybridized carbons (Fsp3) is 0.562. The van der Waals surface area contributed by atoms with Crippen molar-refractivity contribution in [2.24, 2.45) is 0 Å². The Kier molecular flexibility index (Phi) is 7.33. The molecule has 1 saturated heterocycles. The van der Waals surface area contributed by atoms with Crippen molar-refractivity contribution in [2.45, 2.75) is 25.7 Å². The Morgan fingerprint density at radius 3 is 2.38 bits per heavy atom. The van der Waals surface area contributed by atoms with Gasteiger partial charge in [0, 0.05) is 24.7 Å². The molecule has 1 aromatic rings.